The second kappa shape index (κ2) is 3.91. The first-order valence-electron chi connectivity index (χ1n) is 6.50. The van der Waals surface area contributed by atoms with Crippen LogP contribution in [0.15, 0.2) is 23.8 Å². The van der Waals surface area contributed by atoms with E-state index in [1.807, 2.05) is 0 Å². The molecule has 0 saturated carbocycles. The Kier molecular flexibility index (Phi) is 2.93. The second-order valence-corrected chi connectivity index (χ2v) is 6.60. The Morgan fingerprint density at radius 3 is 2.47 bits per heavy atom. The molecule has 0 N–H and O–H groups in total. The van der Waals surface area contributed by atoms with Gasteiger partial charge in [0.05, 0.1) is 5.60 Å². The maximum absolute atomic E-state index is 6.25. The summed E-state index contributed by atoms with van der Waals surface area (Å²) < 4.78 is 6.25. The molecule has 2 heterocycles. The summed E-state index contributed by atoms with van der Waals surface area (Å²) >= 11 is 0. The zero-order chi connectivity index (χ0) is 12.8. The van der Waals surface area contributed by atoms with E-state index in [-0.39, 0.29) is 11.0 Å². The lowest BCUT2D eigenvalue weighted by Crippen LogP contribution is -2.34. The van der Waals surface area contributed by atoms with E-state index in [0.29, 0.717) is 6.92 Å². The Balaban J connectivity index is 2.06. The molecule has 2 aliphatic rings. The molecule has 1 saturated heterocycles. The Hall–Kier alpha value is -0.695. The van der Waals surface area contributed by atoms with E-state index < -0.39 is 0 Å². The number of allylic oxidation sites excluding steroid dienone is 1. The highest BCUT2D eigenvalue weighted by molar-refractivity contribution is 6.61. The van der Waals surface area contributed by atoms with Crippen LogP contribution in [0.5, 0.6) is 0 Å². The predicted molar refractivity (Wildman–Crippen MR) is 74.0 cm³/mol. The second-order valence-electron chi connectivity index (χ2n) is 6.60. The van der Waals surface area contributed by atoms with Crippen molar-refractivity contribution in [2.24, 2.45) is 5.41 Å². The molecule has 2 rings (SSSR count). The molecule has 0 aromatic heterocycles. The fourth-order valence-corrected chi connectivity index (χ4v) is 2.57. The van der Waals surface area contributed by atoms with E-state index in [0.717, 1.165) is 25.1 Å². The summed E-state index contributed by atoms with van der Waals surface area (Å²) in [6.07, 6.45) is 3.44. The first-order chi connectivity index (χ1) is 7.73. The minimum Gasteiger partial charge on any atom is -0.426 e. The molecule has 0 atom stereocenters. The molecule has 0 aliphatic carbocycles. The van der Waals surface area contributed by atoms with Gasteiger partial charge in [0, 0.05) is 18.8 Å². The van der Waals surface area contributed by atoms with E-state index in [1.165, 1.54) is 5.47 Å². The molecule has 1 fully saturated rings. The van der Waals surface area contributed by atoms with Gasteiger partial charge in [0.1, 0.15) is 0 Å². The lowest BCUT2D eigenvalue weighted by Gasteiger charge is -2.34. The van der Waals surface area contributed by atoms with Crippen LogP contribution in [-0.2, 0) is 4.65 Å². The summed E-state index contributed by atoms with van der Waals surface area (Å²) in [6.45, 7) is 17.4. The van der Waals surface area contributed by atoms with Crippen LogP contribution in [0.25, 0.3) is 0 Å². The SMILES string of the molecule is C=C(C)N1CC=C(B2CC(C)(C)C(C)(C)O2)C1. The number of hydrogen-bond donors (Lipinski definition) is 0. The fraction of sp³-hybridized carbons (Fsp3) is 0.714. The molecule has 0 aromatic carbocycles. The Morgan fingerprint density at radius 1 is 1.41 bits per heavy atom. The summed E-state index contributed by atoms with van der Waals surface area (Å²) in [6, 6.07) is 0. The van der Waals surface area contributed by atoms with E-state index in [4.69, 9.17) is 4.65 Å². The molecule has 2 aliphatic heterocycles. The topological polar surface area (TPSA) is 12.5 Å². The summed E-state index contributed by atoms with van der Waals surface area (Å²) in [5, 5.41) is 0. The largest absolute Gasteiger partial charge is 0.426 e. The minimum atomic E-state index is -0.0326. The molecule has 17 heavy (non-hydrogen) atoms. The Morgan fingerprint density at radius 2 is 2.06 bits per heavy atom. The van der Waals surface area contributed by atoms with Crippen LogP contribution in [0.2, 0.25) is 6.32 Å². The van der Waals surface area contributed by atoms with Gasteiger partial charge in [-0.3, -0.25) is 0 Å². The van der Waals surface area contributed by atoms with Gasteiger partial charge in [-0.25, -0.2) is 0 Å². The van der Waals surface area contributed by atoms with Crippen LogP contribution >= 0.6 is 0 Å². The zero-order valence-electron chi connectivity index (χ0n) is 11.8. The van der Waals surface area contributed by atoms with Gasteiger partial charge in [-0.05, 0) is 32.5 Å². The van der Waals surface area contributed by atoms with Crippen molar-refractivity contribution >= 4 is 6.92 Å². The molecular formula is C14H24BNO. The summed E-state index contributed by atoms with van der Waals surface area (Å²) in [5.41, 5.74) is 2.80. The van der Waals surface area contributed by atoms with Gasteiger partial charge in [0.15, 0.2) is 0 Å². The summed E-state index contributed by atoms with van der Waals surface area (Å²) in [5.74, 6) is 0. The van der Waals surface area contributed by atoms with Crippen molar-refractivity contribution in [1.29, 1.82) is 0 Å². The maximum atomic E-state index is 6.25. The van der Waals surface area contributed by atoms with Gasteiger partial charge in [0.2, 0.25) is 0 Å². The van der Waals surface area contributed by atoms with Gasteiger partial charge in [0.25, 0.3) is 0 Å². The normalized spacial score (nSPS) is 26.3. The highest BCUT2D eigenvalue weighted by Crippen LogP contribution is 2.47. The van der Waals surface area contributed by atoms with Crippen LogP contribution in [0.1, 0.15) is 34.6 Å². The van der Waals surface area contributed by atoms with Gasteiger partial charge in [-0.1, -0.05) is 32.0 Å². The highest BCUT2D eigenvalue weighted by atomic mass is 16.5. The van der Waals surface area contributed by atoms with Crippen molar-refractivity contribution in [2.75, 3.05) is 13.1 Å². The summed E-state index contributed by atoms with van der Waals surface area (Å²) in [4.78, 5) is 2.30. The van der Waals surface area contributed by atoms with Crippen molar-refractivity contribution < 1.29 is 4.65 Å². The molecule has 0 bridgehead atoms. The summed E-state index contributed by atoms with van der Waals surface area (Å²) in [7, 11) is 0. The average Bonchev–Trinajstić information content (AvgIpc) is 2.70. The van der Waals surface area contributed by atoms with Gasteiger partial charge in [-0.2, -0.15) is 0 Å². The van der Waals surface area contributed by atoms with Crippen molar-refractivity contribution in [3.63, 3.8) is 0 Å². The molecule has 0 unspecified atom stereocenters. The Bertz CT molecular complexity index is 354. The van der Waals surface area contributed by atoms with Crippen LogP contribution in [0.4, 0.5) is 0 Å². The smallest absolute Gasteiger partial charge is 0.325 e. The molecule has 0 aromatic rings. The van der Waals surface area contributed by atoms with E-state index in [9.17, 15) is 0 Å². The first-order valence-corrected chi connectivity index (χ1v) is 6.50. The third kappa shape index (κ3) is 2.17. The van der Waals surface area contributed by atoms with Crippen molar-refractivity contribution in [3.8, 4) is 0 Å². The van der Waals surface area contributed by atoms with Gasteiger partial charge < -0.3 is 9.55 Å². The van der Waals surface area contributed by atoms with E-state index in [1.54, 1.807) is 0 Å². The maximum Gasteiger partial charge on any atom is 0.325 e. The van der Waals surface area contributed by atoms with Gasteiger partial charge in [-0.15, -0.1) is 0 Å². The van der Waals surface area contributed by atoms with Crippen LogP contribution in [0, 0.1) is 5.41 Å². The lowest BCUT2D eigenvalue weighted by molar-refractivity contribution is 0.0370. The van der Waals surface area contributed by atoms with Crippen molar-refractivity contribution in [1.82, 2.24) is 4.90 Å². The molecule has 0 spiro atoms. The van der Waals surface area contributed by atoms with Crippen LogP contribution in [0.3, 0.4) is 0 Å². The van der Waals surface area contributed by atoms with Crippen LogP contribution in [-0.4, -0.2) is 30.5 Å². The first kappa shape index (κ1) is 12.8. The van der Waals surface area contributed by atoms with Crippen LogP contribution < -0.4 is 0 Å². The van der Waals surface area contributed by atoms with Gasteiger partial charge >= 0.3 is 6.92 Å². The monoisotopic (exact) mass is 233 g/mol. The zero-order valence-corrected chi connectivity index (χ0v) is 11.8. The molecular weight excluding hydrogens is 209 g/mol. The quantitative estimate of drug-likeness (QED) is 0.679. The number of nitrogens with zero attached hydrogens (tertiary/aromatic N) is 1. The fourth-order valence-electron chi connectivity index (χ4n) is 2.57. The third-order valence-electron chi connectivity index (χ3n) is 4.66. The lowest BCUT2D eigenvalue weighted by atomic mass is 9.54. The standard InChI is InChI=1S/C14H24BNO/c1-11(2)16-8-7-12(9-16)15-10-13(3,4)14(5,6)17-15/h7H,1,8-10H2,2-6H3. The molecule has 0 amide bonds. The number of hydrogen-bond acceptors (Lipinski definition) is 2. The minimum absolute atomic E-state index is 0.0326. The average molecular weight is 233 g/mol. The highest BCUT2D eigenvalue weighted by Gasteiger charge is 2.50. The van der Waals surface area contributed by atoms with E-state index >= 15 is 0 Å². The van der Waals surface area contributed by atoms with Crippen molar-refractivity contribution in [3.05, 3.63) is 23.8 Å². The predicted octanol–water partition coefficient (Wildman–Crippen LogP) is 3.13. The molecule has 94 valence electrons. The number of rotatable bonds is 2. The molecule has 3 heteroatoms. The molecule has 2 nitrogen and oxygen atoms in total. The third-order valence-corrected chi connectivity index (χ3v) is 4.66. The Labute approximate surface area is 106 Å². The van der Waals surface area contributed by atoms with Crippen molar-refractivity contribution in [2.45, 2.75) is 46.5 Å². The van der Waals surface area contributed by atoms with E-state index in [2.05, 4.69) is 52.2 Å². The molecule has 0 radical (unpaired) electrons.